The van der Waals surface area contributed by atoms with Gasteiger partial charge < -0.3 is 0 Å². The first-order valence-electron chi connectivity index (χ1n) is 5.33. The number of nitrogens with zero attached hydrogens (tertiary/aromatic N) is 1. The lowest BCUT2D eigenvalue weighted by molar-refractivity contribution is 0.568. The lowest BCUT2D eigenvalue weighted by atomic mass is 10.2. The van der Waals surface area contributed by atoms with Gasteiger partial charge in [0.1, 0.15) is 16.8 Å². The zero-order valence-corrected chi connectivity index (χ0v) is 10.6. The third-order valence-electron chi connectivity index (χ3n) is 2.69. The Kier molecular flexibility index (Phi) is 3.53. The smallest absolute Gasteiger partial charge is 0.297 e. The number of nitrogens with one attached hydrogen (secondary N) is 1. The van der Waals surface area contributed by atoms with Gasteiger partial charge in [0, 0.05) is 11.1 Å². The zero-order valence-electron chi connectivity index (χ0n) is 9.84. The maximum Gasteiger partial charge on any atom is 0.329 e. The van der Waals surface area contributed by atoms with Gasteiger partial charge in [-0.15, -0.1) is 0 Å². The van der Waals surface area contributed by atoms with Gasteiger partial charge in [-0.3, -0.25) is 14.3 Å². The van der Waals surface area contributed by atoms with Crippen molar-refractivity contribution in [3.8, 4) is 0 Å². The highest BCUT2D eigenvalue weighted by Gasteiger charge is 2.12. The third kappa shape index (κ3) is 2.58. The normalized spacial score (nSPS) is 10.7. The molecule has 1 aromatic heterocycles. The number of aromatic amines is 1. The van der Waals surface area contributed by atoms with E-state index >= 15 is 0 Å². The topological polar surface area (TPSA) is 54.9 Å². The molecule has 7 heteroatoms. The summed E-state index contributed by atoms with van der Waals surface area (Å²) in [5.74, 6) is -1.34. The molecule has 0 aliphatic heterocycles. The van der Waals surface area contributed by atoms with Crippen LogP contribution < -0.4 is 11.2 Å². The Bertz CT molecular complexity index is 752. The number of aromatic nitrogens is 2. The Morgan fingerprint density at radius 2 is 2.00 bits per heavy atom. The van der Waals surface area contributed by atoms with Crippen molar-refractivity contribution in [2.45, 2.75) is 13.5 Å². The molecule has 0 fully saturated rings. The lowest BCUT2D eigenvalue weighted by Crippen LogP contribution is -2.37. The Morgan fingerprint density at radius 1 is 1.32 bits per heavy atom. The SMILES string of the molecule is Cc1c(Cl)[nH]c(=O)n(Cc2cc(F)ccc2F)c1=O. The molecule has 100 valence electrons. The molecule has 0 aliphatic carbocycles. The number of hydrogen-bond donors (Lipinski definition) is 1. The van der Waals surface area contributed by atoms with E-state index in [4.69, 9.17) is 11.6 Å². The molecule has 0 amide bonds. The van der Waals surface area contributed by atoms with Crippen LogP contribution in [0.3, 0.4) is 0 Å². The van der Waals surface area contributed by atoms with Crippen molar-refractivity contribution in [1.82, 2.24) is 9.55 Å². The van der Waals surface area contributed by atoms with Crippen LogP contribution in [0, 0.1) is 18.6 Å². The number of benzene rings is 1. The number of hydrogen-bond acceptors (Lipinski definition) is 2. The number of rotatable bonds is 2. The molecular formula is C12H9ClF2N2O2. The Hall–Kier alpha value is -1.95. The van der Waals surface area contributed by atoms with Crippen LogP contribution in [0.2, 0.25) is 5.15 Å². The van der Waals surface area contributed by atoms with Crippen LogP contribution in [0.25, 0.3) is 0 Å². The number of H-pyrrole nitrogens is 1. The largest absolute Gasteiger partial charge is 0.329 e. The Balaban J connectivity index is 2.56. The highest BCUT2D eigenvalue weighted by atomic mass is 35.5. The van der Waals surface area contributed by atoms with E-state index < -0.39 is 22.9 Å². The van der Waals surface area contributed by atoms with Crippen LogP contribution in [0.15, 0.2) is 27.8 Å². The minimum Gasteiger partial charge on any atom is -0.297 e. The van der Waals surface area contributed by atoms with Gasteiger partial charge in [0.15, 0.2) is 0 Å². The molecule has 0 spiro atoms. The summed E-state index contributed by atoms with van der Waals surface area (Å²) in [5, 5.41) is -0.0639. The molecule has 0 bridgehead atoms. The molecule has 0 saturated carbocycles. The lowest BCUT2D eigenvalue weighted by Gasteiger charge is -2.07. The summed E-state index contributed by atoms with van der Waals surface area (Å²) in [6, 6.07) is 2.83. The van der Waals surface area contributed by atoms with Gasteiger partial charge in [-0.1, -0.05) is 11.6 Å². The maximum atomic E-state index is 13.5. The molecular weight excluding hydrogens is 278 g/mol. The average molecular weight is 287 g/mol. The molecule has 2 aromatic rings. The fourth-order valence-corrected chi connectivity index (χ4v) is 1.78. The van der Waals surface area contributed by atoms with E-state index in [1.165, 1.54) is 6.92 Å². The maximum absolute atomic E-state index is 13.5. The third-order valence-corrected chi connectivity index (χ3v) is 3.07. The van der Waals surface area contributed by atoms with Crippen molar-refractivity contribution >= 4 is 11.6 Å². The molecule has 4 nitrogen and oxygen atoms in total. The van der Waals surface area contributed by atoms with E-state index in [2.05, 4.69) is 4.98 Å². The molecule has 0 aliphatic rings. The van der Waals surface area contributed by atoms with Crippen molar-refractivity contribution in [2.24, 2.45) is 0 Å². The Labute approximate surface area is 111 Å². The summed E-state index contributed by atoms with van der Waals surface area (Å²) in [5.41, 5.74) is -1.37. The van der Waals surface area contributed by atoms with Crippen molar-refractivity contribution in [3.05, 3.63) is 67.0 Å². The fourth-order valence-electron chi connectivity index (χ4n) is 1.62. The van der Waals surface area contributed by atoms with Crippen LogP contribution >= 0.6 is 11.6 Å². The van der Waals surface area contributed by atoms with Gasteiger partial charge >= 0.3 is 5.69 Å². The van der Waals surface area contributed by atoms with Crippen molar-refractivity contribution in [3.63, 3.8) is 0 Å². The highest BCUT2D eigenvalue weighted by Crippen LogP contribution is 2.10. The molecule has 0 radical (unpaired) electrons. The van der Waals surface area contributed by atoms with Gasteiger partial charge in [0.25, 0.3) is 5.56 Å². The standard InChI is InChI=1S/C12H9ClF2N2O2/c1-6-10(13)16-12(19)17(11(6)18)5-7-4-8(14)2-3-9(7)15/h2-4H,5H2,1H3,(H,16,19). The molecule has 19 heavy (non-hydrogen) atoms. The van der Waals surface area contributed by atoms with Gasteiger partial charge in [0.05, 0.1) is 6.54 Å². The second kappa shape index (κ2) is 4.97. The van der Waals surface area contributed by atoms with Crippen LogP contribution in [-0.2, 0) is 6.54 Å². The minimum absolute atomic E-state index is 0.0639. The van der Waals surface area contributed by atoms with Crippen LogP contribution in [0.1, 0.15) is 11.1 Å². The van der Waals surface area contributed by atoms with Crippen LogP contribution in [-0.4, -0.2) is 9.55 Å². The van der Waals surface area contributed by atoms with E-state index in [0.717, 1.165) is 22.8 Å². The molecule has 2 rings (SSSR count). The van der Waals surface area contributed by atoms with Crippen molar-refractivity contribution in [1.29, 1.82) is 0 Å². The molecule has 1 N–H and O–H groups in total. The predicted octanol–water partition coefficient (Wildman–Crippen LogP) is 1.82. The molecule has 1 aromatic carbocycles. The van der Waals surface area contributed by atoms with Gasteiger partial charge in [-0.05, 0) is 25.1 Å². The second-order valence-electron chi connectivity index (χ2n) is 4.00. The fraction of sp³-hybridized carbons (Fsp3) is 0.167. The van der Waals surface area contributed by atoms with Crippen molar-refractivity contribution in [2.75, 3.05) is 0 Å². The molecule has 0 atom stereocenters. The first-order chi connectivity index (χ1) is 8.90. The zero-order chi connectivity index (χ0) is 14.2. The second-order valence-corrected chi connectivity index (χ2v) is 4.37. The first kappa shape index (κ1) is 13.5. The van der Waals surface area contributed by atoms with Crippen LogP contribution in [0.5, 0.6) is 0 Å². The van der Waals surface area contributed by atoms with Gasteiger partial charge in [-0.25, -0.2) is 13.6 Å². The summed E-state index contributed by atoms with van der Waals surface area (Å²) in [6.07, 6.45) is 0. The van der Waals surface area contributed by atoms with Crippen molar-refractivity contribution < 1.29 is 8.78 Å². The average Bonchev–Trinajstić information content (AvgIpc) is 2.36. The van der Waals surface area contributed by atoms with E-state index in [9.17, 15) is 18.4 Å². The quantitative estimate of drug-likeness (QED) is 0.856. The summed E-state index contributed by atoms with van der Waals surface area (Å²) < 4.78 is 27.3. The minimum atomic E-state index is -0.774. The highest BCUT2D eigenvalue weighted by molar-refractivity contribution is 6.30. The van der Waals surface area contributed by atoms with Crippen LogP contribution in [0.4, 0.5) is 8.78 Å². The summed E-state index contributed by atoms with van der Waals surface area (Å²) in [7, 11) is 0. The molecule has 1 heterocycles. The van der Waals surface area contributed by atoms with E-state index in [0.29, 0.717) is 0 Å². The van der Waals surface area contributed by atoms with E-state index in [1.54, 1.807) is 0 Å². The first-order valence-corrected chi connectivity index (χ1v) is 5.71. The van der Waals surface area contributed by atoms with E-state index in [-0.39, 0.29) is 22.8 Å². The molecule has 0 unspecified atom stereocenters. The van der Waals surface area contributed by atoms with Gasteiger partial charge in [-0.2, -0.15) is 0 Å². The Morgan fingerprint density at radius 3 is 2.68 bits per heavy atom. The molecule has 0 saturated heterocycles. The van der Waals surface area contributed by atoms with Gasteiger partial charge in [0.2, 0.25) is 0 Å². The summed E-state index contributed by atoms with van der Waals surface area (Å²) in [4.78, 5) is 25.7. The monoisotopic (exact) mass is 286 g/mol. The van der Waals surface area contributed by atoms with E-state index in [1.807, 2.05) is 0 Å². The summed E-state index contributed by atoms with van der Waals surface area (Å²) in [6.45, 7) is 1.06. The number of halogens is 3. The predicted molar refractivity (Wildman–Crippen MR) is 66.5 cm³/mol. The summed E-state index contributed by atoms with van der Waals surface area (Å²) >= 11 is 5.65.